The van der Waals surface area contributed by atoms with Crippen molar-refractivity contribution >= 4 is 29.6 Å². The molecule has 0 radical (unpaired) electrons. The molecule has 8 heteroatoms. The zero-order chi connectivity index (χ0) is 15.2. The van der Waals surface area contributed by atoms with Crippen LogP contribution in [0, 0.1) is 0 Å². The van der Waals surface area contributed by atoms with Gasteiger partial charge in [-0.3, -0.25) is 19.3 Å². The summed E-state index contributed by atoms with van der Waals surface area (Å²) < 4.78 is -0.257. The van der Waals surface area contributed by atoms with E-state index in [2.05, 4.69) is 0 Å². The van der Waals surface area contributed by atoms with E-state index < -0.39 is 29.9 Å². The van der Waals surface area contributed by atoms with Crippen molar-refractivity contribution in [3.63, 3.8) is 0 Å². The quantitative estimate of drug-likeness (QED) is 0.751. The fourth-order valence-electron chi connectivity index (χ4n) is 2.74. The maximum atomic E-state index is 12.2. The number of hydrogen-bond donors (Lipinski definition) is 2. The number of amides is 1. The number of fused-ring (bicyclic) bond motifs is 1. The standard InChI is InChI=1S/C12H18N2O5S/c1-6-12(2,3)20-10-9(11(18)19)13(5-8(16)17)4-7(15)14(6)10/h6,9-10H,4-5H2,1-3H3,(H,16,17)(H,18,19). The molecule has 0 bridgehead atoms. The molecule has 3 atom stereocenters. The van der Waals surface area contributed by atoms with Gasteiger partial charge >= 0.3 is 11.9 Å². The maximum absolute atomic E-state index is 12.2. The van der Waals surface area contributed by atoms with Crippen LogP contribution in [0.5, 0.6) is 0 Å². The monoisotopic (exact) mass is 302 g/mol. The molecule has 2 fully saturated rings. The molecule has 0 saturated carbocycles. The summed E-state index contributed by atoms with van der Waals surface area (Å²) in [7, 11) is 0. The van der Waals surface area contributed by atoms with Crippen LogP contribution in [-0.2, 0) is 14.4 Å². The Bertz CT molecular complexity index is 467. The first kappa shape index (κ1) is 15.1. The first-order valence-electron chi connectivity index (χ1n) is 6.33. The van der Waals surface area contributed by atoms with Gasteiger partial charge in [-0.25, -0.2) is 0 Å². The summed E-state index contributed by atoms with van der Waals surface area (Å²) in [5, 5.41) is 17.8. The van der Waals surface area contributed by atoms with E-state index in [1.165, 1.54) is 16.7 Å². The minimum absolute atomic E-state index is 0.0844. The molecule has 0 spiro atoms. The Kier molecular flexibility index (Phi) is 3.72. The third-order valence-electron chi connectivity index (χ3n) is 4.00. The molecule has 2 saturated heterocycles. The fraction of sp³-hybridized carbons (Fsp3) is 0.750. The topological polar surface area (TPSA) is 98.2 Å². The van der Waals surface area contributed by atoms with Crippen molar-refractivity contribution in [3.8, 4) is 0 Å². The van der Waals surface area contributed by atoms with Gasteiger partial charge < -0.3 is 15.1 Å². The number of thioether (sulfide) groups is 1. The Morgan fingerprint density at radius 1 is 1.40 bits per heavy atom. The van der Waals surface area contributed by atoms with Gasteiger partial charge in [0.2, 0.25) is 5.91 Å². The molecule has 2 N–H and O–H groups in total. The van der Waals surface area contributed by atoms with Gasteiger partial charge in [0.25, 0.3) is 0 Å². The zero-order valence-electron chi connectivity index (χ0n) is 11.6. The highest BCUT2D eigenvalue weighted by Crippen LogP contribution is 2.47. The number of aliphatic carboxylic acids is 2. The lowest BCUT2D eigenvalue weighted by molar-refractivity contribution is -0.156. The van der Waals surface area contributed by atoms with E-state index in [0.29, 0.717) is 0 Å². The lowest BCUT2D eigenvalue weighted by atomic mass is 10.0. The Morgan fingerprint density at radius 2 is 2.00 bits per heavy atom. The Labute approximate surface area is 120 Å². The van der Waals surface area contributed by atoms with Crippen LogP contribution in [-0.4, -0.2) is 73.2 Å². The van der Waals surface area contributed by atoms with Gasteiger partial charge in [-0.2, -0.15) is 0 Å². The van der Waals surface area contributed by atoms with Gasteiger partial charge in [-0.1, -0.05) is 0 Å². The van der Waals surface area contributed by atoms with Gasteiger partial charge in [0.15, 0.2) is 0 Å². The molecule has 3 unspecified atom stereocenters. The minimum Gasteiger partial charge on any atom is -0.480 e. The highest BCUT2D eigenvalue weighted by molar-refractivity contribution is 8.01. The SMILES string of the molecule is CC1N2C(=O)CN(CC(=O)O)C(C(=O)O)C2SC1(C)C. The Morgan fingerprint density at radius 3 is 2.50 bits per heavy atom. The Balaban J connectivity index is 2.35. The van der Waals surface area contributed by atoms with Crippen molar-refractivity contribution in [2.24, 2.45) is 0 Å². The lowest BCUT2D eigenvalue weighted by Gasteiger charge is -2.42. The molecule has 20 heavy (non-hydrogen) atoms. The number of hydrogen-bond acceptors (Lipinski definition) is 5. The molecule has 0 aromatic rings. The summed E-state index contributed by atoms with van der Waals surface area (Å²) >= 11 is 1.42. The predicted octanol–water partition coefficient (Wildman–Crippen LogP) is -0.0916. The van der Waals surface area contributed by atoms with E-state index in [1.807, 2.05) is 20.8 Å². The van der Waals surface area contributed by atoms with Crippen LogP contribution in [0.2, 0.25) is 0 Å². The normalized spacial score (nSPS) is 33.0. The largest absolute Gasteiger partial charge is 0.480 e. The average Bonchev–Trinajstić information content (AvgIpc) is 2.48. The average molecular weight is 302 g/mol. The van der Waals surface area contributed by atoms with Crippen LogP contribution >= 0.6 is 11.8 Å². The molecule has 2 rings (SSSR count). The highest BCUT2D eigenvalue weighted by atomic mass is 32.2. The molecule has 0 aromatic heterocycles. The van der Waals surface area contributed by atoms with E-state index in [0.717, 1.165) is 0 Å². The van der Waals surface area contributed by atoms with Crippen LogP contribution < -0.4 is 0 Å². The van der Waals surface area contributed by atoms with Crippen LogP contribution in [0.25, 0.3) is 0 Å². The number of carboxylic acid groups (broad SMARTS) is 2. The highest BCUT2D eigenvalue weighted by Gasteiger charge is 2.56. The van der Waals surface area contributed by atoms with Crippen LogP contribution in [0.4, 0.5) is 0 Å². The summed E-state index contributed by atoms with van der Waals surface area (Å²) in [6.07, 6.45) is 0. The van der Waals surface area contributed by atoms with Gasteiger partial charge in [0.05, 0.1) is 13.1 Å². The molecular formula is C12H18N2O5S. The summed E-state index contributed by atoms with van der Waals surface area (Å²) in [6.45, 7) is 5.22. The van der Waals surface area contributed by atoms with Gasteiger partial charge in [-0.05, 0) is 20.8 Å². The smallest absolute Gasteiger partial charge is 0.324 e. The van der Waals surface area contributed by atoms with E-state index in [4.69, 9.17) is 5.11 Å². The Hall–Kier alpha value is -1.28. The molecule has 1 amide bonds. The van der Waals surface area contributed by atoms with Crippen molar-refractivity contribution in [1.29, 1.82) is 0 Å². The van der Waals surface area contributed by atoms with Crippen LogP contribution in [0.3, 0.4) is 0 Å². The second-order valence-electron chi connectivity index (χ2n) is 5.67. The third-order valence-corrected chi connectivity index (χ3v) is 5.68. The maximum Gasteiger partial charge on any atom is 0.324 e. The summed E-state index contributed by atoms with van der Waals surface area (Å²) in [6, 6.07) is -1.07. The summed E-state index contributed by atoms with van der Waals surface area (Å²) in [5.74, 6) is -2.43. The lowest BCUT2D eigenvalue weighted by Crippen LogP contribution is -2.64. The van der Waals surface area contributed by atoms with Crippen molar-refractivity contribution in [3.05, 3.63) is 0 Å². The summed E-state index contributed by atoms with van der Waals surface area (Å²) in [4.78, 5) is 37.4. The number of nitrogens with zero attached hydrogens (tertiary/aromatic N) is 2. The molecule has 0 aliphatic carbocycles. The van der Waals surface area contributed by atoms with Crippen LogP contribution in [0.15, 0.2) is 0 Å². The molecule has 2 aliphatic heterocycles. The van der Waals surface area contributed by atoms with Gasteiger partial charge in [0.1, 0.15) is 11.4 Å². The predicted molar refractivity (Wildman–Crippen MR) is 72.4 cm³/mol. The van der Waals surface area contributed by atoms with E-state index in [9.17, 15) is 19.5 Å². The van der Waals surface area contributed by atoms with Crippen molar-refractivity contribution in [1.82, 2.24) is 9.80 Å². The first-order chi connectivity index (χ1) is 9.15. The number of carbonyl (C=O) groups is 3. The molecule has 0 aromatic carbocycles. The van der Waals surface area contributed by atoms with Crippen molar-refractivity contribution in [2.45, 2.75) is 43.0 Å². The molecular weight excluding hydrogens is 284 g/mol. The number of piperazine rings is 1. The third kappa shape index (κ3) is 2.37. The van der Waals surface area contributed by atoms with E-state index in [1.54, 1.807) is 4.90 Å². The van der Waals surface area contributed by atoms with E-state index in [-0.39, 0.29) is 23.2 Å². The number of carbonyl (C=O) groups excluding carboxylic acids is 1. The number of carboxylic acids is 2. The summed E-state index contributed by atoms with van der Waals surface area (Å²) in [5.41, 5.74) is 0. The second kappa shape index (κ2) is 4.92. The van der Waals surface area contributed by atoms with Gasteiger partial charge in [-0.15, -0.1) is 11.8 Å². The molecule has 112 valence electrons. The molecule has 2 aliphatic rings. The van der Waals surface area contributed by atoms with Crippen LogP contribution in [0.1, 0.15) is 20.8 Å². The first-order valence-corrected chi connectivity index (χ1v) is 7.20. The minimum atomic E-state index is -1.13. The number of rotatable bonds is 3. The van der Waals surface area contributed by atoms with E-state index >= 15 is 0 Å². The van der Waals surface area contributed by atoms with Gasteiger partial charge in [0, 0.05) is 10.8 Å². The fourth-order valence-corrected chi connectivity index (χ4v) is 4.50. The zero-order valence-corrected chi connectivity index (χ0v) is 12.4. The molecule has 7 nitrogen and oxygen atoms in total. The second-order valence-corrected chi connectivity index (χ2v) is 7.44. The van der Waals surface area contributed by atoms with Crippen molar-refractivity contribution < 1.29 is 24.6 Å². The molecule has 2 heterocycles. The van der Waals surface area contributed by atoms with Crippen molar-refractivity contribution in [2.75, 3.05) is 13.1 Å².